The van der Waals surface area contributed by atoms with Crippen molar-refractivity contribution in [3.63, 3.8) is 0 Å². The third-order valence-corrected chi connectivity index (χ3v) is 5.69. The molecule has 1 fully saturated rings. The van der Waals surface area contributed by atoms with Crippen LogP contribution in [-0.2, 0) is 23.7 Å². The van der Waals surface area contributed by atoms with E-state index < -0.39 is 10.0 Å². The number of benzene rings is 1. The summed E-state index contributed by atoms with van der Waals surface area (Å²) in [4.78, 5) is 18.4. The van der Waals surface area contributed by atoms with Crippen molar-refractivity contribution in [2.24, 2.45) is 7.05 Å². The Labute approximate surface area is 153 Å². The van der Waals surface area contributed by atoms with Crippen LogP contribution in [0.1, 0.15) is 16.2 Å². The van der Waals surface area contributed by atoms with E-state index in [4.69, 9.17) is 4.74 Å². The van der Waals surface area contributed by atoms with Gasteiger partial charge in [-0.2, -0.15) is 4.31 Å². The molecule has 1 aliphatic heterocycles. The van der Waals surface area contributed by atoms with Crippen molar-refractivity contribution in [1.82, 2.24) is 18.8 Å². The maximum absolute atomic E-state index is 12.6. The SMILES string of the molecule is Cn1ccnc1COc1ccc(C(=O)N2CCN(S(C)(=O)=O)CC2)cc1. The Balaban J connectivity index is 1.56. The Hall–Kier alpha value is -2.39. The highest BCUT2D eigenvalue weighted by atomic mass is 32.2. The standard InChI is InChI=1S/C17H22N4O4S/c1-19-8-7-18-16(19)13-25-15-5-3-14(4-6-15)17(22)20-9-11-21(12-10-20)26(2,23)24/h3-8H,9-13H2,1-2H3. The highest BCUT2D eigenvalue weighted by Crippen LogP contribution is 2.16. The van der Waals surface area contributed by atoms with E-state index in [1.54, 1.807) is 35.4 Å². The Morgan fingerprint density at radius 2 is 1.81 bits per heavy atom. The Morgan fingerprint density at radius 1 is 1.15 bits per heavy atom. The highest BCUT2D eigenvalue weighted by molar-refractivity contribution is 7.88. The lowest BCUT2D eigenvalue weighted by Gasteiger charge is -2.33. The number of sulfonamides is 1. The smallest absolute Gasteiger partial charge is 0.253 e. The summed E-state index contributed by atoms with van der Waals surface area (Å²) < 4.78 is 32.0. The summed E-state index contributed by atoms with van der Waals surface area (Å²) in [6.45, 7) is 1.79. The number of nitrogens with zero attached hydrogens (tertiary/aromatic N) is 4. The molecular formula is C17H22N4O4S. The first kappa shape index (κ1) is 18.4. The molecule has 0 atom stereocenters. The quantitative estimate of drug-likeness (QED) is 0.765. The molecule has 3 rings (SSSR count). The lowest BCUT2D eigenvalue weighted by atomic mass is 10.2. The summed E-state index contributed by atoms with van der Waals surface area (Å²) in [6.07, 6.45) is 4.75. The number of carbonyl (C=O) groups excluding carboxylic acids is 1. The molecule has 1 aromatic carbocycles. The molecule has 8 nitrogen and oxygen atoms in total. The molecule has 1 aromatic heterocycles. The van der Waals surface area contributed by atoms with Crippen LogP contribution in [0.15, 0.2) is 36.7 Å². The number of rotatable bonds is 5. The number of hydrogen-bond acceptors (Lipinski definition) is 5. The fourth-order valence-corrected chi connectivity index (χ4v) is 3.61. The van der Waals surface area contributed by atoms with E-state index in [9.17, 15) is 13.2 Å². The van der Waals surface area contributed by atoms with Crippen LogP contribution in [0.5, 0.6) is 5.75 Å². The third kappa shape index (κ3) is 4.23. The van der Waals surface area contributed by atoms with Crippen molar-refractivity contribution in [2.45, 2.75) is 6.61 Å². The van der Waals surface area contributed by atoms with Crippen LogP contribution in [0.25, 0.3) is 0 Å². The molecular weight excluding hydrogens is 356 g/mol. The van der Waals surface area contributed by atoms with Gasteiger partial charge in [0.25, 0.3) is 5.91 Å². The van der Waals surface area contributed by atoms with Crippen LogP contribution < -0.4 is 4.74 Å². The van der Waals surface area contributed by atoms with E-state index in [2.05, 4.69) is 4.98 Å². The monoisotopic (exact) mass is 378 g/mol. The minimum atomic E-state index is -3.20. The maximum atomic E-state index is 12.6. The number of aromatic nitrogens is 2. The molecule has 140 valence electrons. The van der Waals surface area contributed by atoms with Gasteiger partial charge in [0.2, 0.25) is 10.0 Å². The summed E-state index contributed by atoms with van der Waals surface area (Å²) in [5.74, 6) is 1.37. The average molecular weight is 378 g/mol. The molecule has 1 amide bonds. The van der Waals surface area contributed by atoms with Crippen molar-refractivity contribution in [3.05, 3.63) is 48.0 Å². The molecule has 0 N–H and O–H groups in total. The number of amides is 1. The molecule has 0 unspecified atom stereocenters. The molecule has 0 aliphatic carbocycles. The van der Waals surface area contributed by atoms with Crippen LogP contribution in [0.3, 0.4) is 0 Å². The largest absolute Gasteiger partial charge is 0.486 e. The first-order chi connectivity index (χ1) is 12.3. The first-order valence-electron chi connectivity index (χ1n) is 8.28. The van der Waals surface area contributed by atoms with Gasteiger partial charge in [0.05, 0.1) is 6.26 Å². The molecule has 0 spiro atoms. The molecule has 0 radical (unpaired) electrons. The van der Waals surface area contributed by atoms with Gasteiger partial charge >= 0.3 is 0 Å². The number of hydrogen-bond donors (Lipinski definition) is 0. The molecule has 1 aliphatic rings. The van der Waals surface area contributed by atoms with Gasteiger partial charge in [0, 0.05) is 51.2 Å². The lowest BCUT2D eigenvalue weighted by molar-refractivity contribution is 0.0698. The fraction of sp³-hybridized carbons (Fsp3) is 0.412. The third-order valence-electron chi connectivity index (χ3n) is 4.39. The van der Waals surface area contributed by atoms with E-state index >= 15 is 0 Å². The molecule has 0 bridgehead atoms. The molecule has 1 saturated heterocycles. The van der Waals surface area contributed by atoms with Crippen LogP contribution in [0.4, 0.5) is 0 Å². The predicted molar refractivity (Wildman–Crippen MR) is 96.3 cm³/mol. The predicted octanol–water partition coefficient (Wildman–Crippen LogP) is 0.717. The van der Waals surface area contributed by atoms with Crippen molar-refractivity contribution in [3.8, 4) is 5.75 Å². The van der Waals surface area contributed by atoms with Crippen LogP contribution >= 0.6 is 0 Å². The second-order valence-electron chi connectivity index (χ2n) is 6.22. The van der Waals surface area contributed by atoms with Crippen LogP contribution in [-0.4, -0.2) is 65.5 Å². The minimum absolute atomic E-state index is 0.103. The first-order valence-corrected chi connectivity index (χ1v) is 10.1. The zero-order chi connectivity index (χ0) is 18.7. The van der Waals surface area contributed by atoms with Gasteiger partial charge in [-0.1, -0.05) is 0 Å². The maximum Gasteiger partial charge on any atom is 0.253 e. The topological polar surface area (TPSA) is 84.7 Å². The van der Waals surface area contributed by atoms with E-state index in [0.29, 0.717) is 44.1 Å². The number of imidazole rings is 1. The fourth-order valence-electron chi connectivity index (χ4n) is 2.78. The van der Waals surface area contributed by atoms with Gasteiger partial charge in [-0.3, -0.25) is 4.79 Å². The Bertz CT molecular complexity index is 868. The Morgan fingerprint density at radius 3 is 2.35 bits per heavy atom. The molecule has 0 saturated carbocycles. The summed E-state index contributed by atoms with van der Waals surface area (Å²) in [5.41, 5.74) is 0.558. The van der Waals surface area contributed by atoms with Crippen molar-refractivity contribution in [1.29, 1.82) is 0 Å². The second kappa shape index (κ2) is 7.46. The zero-order valence-corrected chi connectivity index (χ0v) is 15.6. The number of carbonyl (C=O) groups is 1. The second-order valence-corrected chi connectivity index (χ2v) is 8.20. The normalized spacial score (nSPS) is 15.8. The lowest BCUT2D eigenvalue weighted by Crippen LogP contribution is -2.50. The molecule has 2 aromatic rings. The zero-order valence-electron chi connectivity index (χ0n) is 14.8. The van der Waals surface area contributed by atoms with Crippen LogP contribution in [0, 0.1) is 0 Å². The Kier molecular flexibility index (Phi) is 5.28. The van der Waals surface area contributed by atoms with Crippen molar-refractivity contribution >= 4 is 15.9 Å². The van der Waals surface area contributed by atoms with E-state index in [1.807, 2.05) is 17.8 Å². The van der Waals surface area contributed by atoms with Gasteiger partial charge in [0.1, 0.15) is 18.2 Å². The van der Waals surface area contributed by atoms with Gasteiger partial charge in [-0.15, -0.1) is 0 Å². The van der Waals surface area contributed by atoms with Gasteiger partial charge in [-0.25, -0.2) is 13.4 Å². The molecule has 9 heteroatoms. The average Bonchev–Trinajstić information content (AvgIpc) is 3.04. The summed E-state index contributed by atoms with van der Waals surface area (Å²) in [5, 5.41) is 0. The van der Waals surface area contributed by atoms with Crippen LogP contribution in [0.2, 0.25) is 0 Å². The number of ether oxygens (including phenoxy) is 1. The van der Waals surface area contributed by atoms with Gasteiger partial charge in [0.15, 0.2) is 0 Å². The summed E-state index contributed by atoms with van der Waals surface area (Å²) >= 11 is 0. The molecule has 2 heterocycles. The van der Waals surface area contributed by atoms with E-state index in [1.165, 1.54) is 10.6 Å². The van der Waals surface area contributed by atoms with Crippen molar-refractivity contribution in [2.75, 3.05) is 32.4 Å². The van der Waals surface area contributed by atoms with Gasteiger partial charge in [-0.05, 0) is 24.3 Å². The highest BCUT2D eigenvalue weighted by Gasteiger charge is 2.26. The molecule has 26 heavy (non-hydrogen) atoms. The summed E-state index contributed by atoms with van der Waals surface area (Å²) in [7, 11) is -1.30. The number of aryl methyl sites for hydroxylation is 1. The number of piperazine rings is 1. The summed E-state index contributed by atoms with van der Waals surface area (Å²) in [6, 6.07) is 6.95. The minimum Gasteiger partial charge on any atom is -0.486 e. The van der Waals surface area contributed by atoms with E-state index in [-0.39, 0.29) is 5.91 Å². The van der Waals surface area contributed by atoms with E-state index in [0.717, 1.165) is 5.82 Å². The van der Waals surface area contributed by atoms with Crippen molar-refractivity contribution < 1.29 is 17.9 Å². The van der Waals surface area contributed by atoms with Gasteiger partial charge < -0.3 is 14.2 Å².